The van der Waals surface area contributed by atoms with Crippen molar-refractivity contribution in [1.82, 2.24) is 0 Å². The highest BCUT2D eigenvalue weighted by molar-refractivity contribution is 5.33. The minimum Gasteiger partial charge on any atom is -0.490 e. The summed E-state index contributed by atoms with van der Waals surface area (Å²) < 4.78 is 47.0. The summed E-state index contributed by atoms with van der Waals surface area (Å²) in [6.07, 6.45) is 11.2. The first kappa shape index (κ1) is 21.8. The average Bonchev–Trinajstić information content (AvgIpc) is 2.66. The van der Waals surface area contributed by atoms with E-state index in [2.05, 4.69) is 6.92 Å². The second-order valence-electron chi connectivity index (χ2n) is 7.78. The number of allylic oxidation sites excluding steroid dienone is 2. The highest BCUT2D eigenvalue weighted by Gasteiger charge is 2.26. The van der Waals surface area contributed by atoms with E-state index in [1.807, 2.05) is 0 Å². The maximum absolute atomic E-state index is 14.5. The molecule has 0 unspecified atom stereocenters. The third-order valence-electron chi connectivity index (χ3n) is 5.61. The number of halogens is 3. The van der Waals surface area contributed by atoms with Crippen molar-refractivity contribution in [3.8, 4) is 5.75 Å². The summed E-state index contributed by atoms with van der Waals surface area (Å²) in [7, 11) is 0. The summed E-state index contributed by atoms with van der Waals surface area (Å²) in [5, 5.41) is 0. The van der Waals surface area contributed by atoms with Gasteiger partial charge in [-0.15, -0.1) is 0 Å². The number of ether oxygens (including phenoxy) is 1. The Hall–Kier alpha value is -1.45. The average molecular weight is 383 g/mol. The highest BCUT2D eigenvalue weighted by atomic mass is 19.2. The molecule has 27 heavy (non-hydrogen) atoms. The van der Waals surface area contributed by atoms with Crippen molar-refractivity contribution >= 4 is 0 Å². The zero-order valence-corrected chi connectivity index (χ0v) is 16.7. The van der Waals surface area contributed by atoms with Crippen LogP contribution in [-0.2, 0) is 0 Å². The lowest BCUT2D eigenvalue weighted by Gasteiger charge is -2.29. The fourth-order valence-corrected chi connectivity index (χ4v) is 3.98. The summed E-state index contributed by atoms with van der Waals surface area (Å²) in [6.45, 7) is 3.98. The Labute approximate surface area is 162 Å². The first-order valence-corrected chi connectivity index (χ1v) is 10.5. The van der Waals surface area contributed by atoms with Gasteiger partial charge in [0.1, 0.15) is 0 Å². The van der Waals surface area contributed by atoms with Crippen LogP contribution in [0.5, 0.6) is 5.75 Å². The van der Waals surface area contributed by atoms with Gasteiger partial charge in [-0.3, -0.25) is 0 Å². The van der Waals surface area contributed by atoms with Crippen molar-refractivity contribution in [3.05, 3.63) is 41.2 Å². The Morgan fingerprint density at radius 2 is 1.81 bits per heavy atom. The molecule has 0 aromatic heterocycles. The van der Waals surface area contributed by atoms with Crippen LogP contribution in [0.15, 0.2) is 24.0 Å². The van der Waals surface area contributed by atoms with Gasteiger partial charge in [0.25, 0.3) is 0 Å². The van der Waals surface area contributed by atoms with Crippen LogP contribution in [0.2, 0.25) is 0 Å². The van der Waals surface area contributed by atoms with E-state index in [9.17, 15) is 13.2 Å². The van der Waals surface area contributed by atoms with Crippen LogP contribution in [-0.4, -0.2) is 6.61 Å². The summed E-state index contributed by atoms with van der Waals surface area (Å²) in [6, 6.07) is 3.28. The van der Waals surface area contributed by atoms with Gasteiger partial charge in [0, 0.05) is 0 Å². The summed E-state index contributed by atoms with van der Waals surface area (Å²) in [4.78, 5) is 0. The molecule has 0 radical (unpaired) electrons. The third kappa shape index (κ3) is 6.90. The van der Waals surface area contributed by atoms with Crippen LogP contribution in [0.4, 0.5) is 13.2 Å². The van der Waals surface area contributed by atoms with Crippen LogP contribution < -0.4 is 4.74 Å². The molecule has 0 amide bonds. The quantitative estimate of drug-likeness (QED) is 0.374. The molecular formula is C23H33F3O. The number of rotatable bonds is 10. The molecule has 0 aliphatic heterocycles. The van der Waals surface area contributed by atoms with Gasteiger partial charge in [-0.2, -0.15) is 4.39 Å². The van der Waals surface area contributed by atoms with Gasteiger partial charge in [-0.1, -0.05) is 38.3 Å². The van der Waals surface area contributed by atoms with Crippen LogP contribution in [0.1, 0.15) is 89.5 Å². The molecule has 1 saturated carbocycles. The van der Waals surface area contributed by atoms with E-state index in [1.54, 1.807) is 18.2 Å². The van der Waals surface area contributed by atoms with Gasteiger partial charge in [-0.25, -0.2) is 8.78 Å². The second-order valence-corrected chi connectivity index (χ2v) is 7.78. The number of hydrogen-bond acceptors (Lipinski definition) is 1. The predicted molar refractivity (Wildman–Crippen MR) is 105 cm³/mol. The van der Waals surface area contributed by atoms with Crippen LogP contribution >= 0.6 is 0 Å². The Bertz CT molecular complexity index is 600. The standard InChI is InChI=1S/C23H33F3O/c1-3-4-7-16-27-21-15-14-20(22(25)23(21)26)19-12-10-18(11-13-19)9-6-5-8-17(2)24/h8,14-15,18-19H,3-7,9-13,16H2,1-2H3. The van der Waals surface area contributed by atoms with Gasteiger partial charge in [0.15, 0.2) is 11.6 Å². The first-order chi connectivity index (χ1) is 13.0. The second kappa shape index (κ2) is 11.4. The Morgan fingerprint density at radius 3 is 2.48 bits per heavy atom. The predicted octanol–water partition coefficient (Wildman–Crippen LogP) is 7.85. The first-order valence-electron chi connectivity index (χ1n) is 10.5. The lowest BCUT2D eigenvalue weighted by atomic mass is 9.77. The molecule has 1 aromatic carbocycles. The molecule has 0 atom stereocenters. The summed E-state index contributed by atoms with van der Waals surface area (Å²) >= 11 is 0. The van der Waals surface area contributed by atoms with Gasteiger partial charge >= 0.3 is 0 Å². The van der Waals surface area contributed by atoms with E-state index >= 15 is 0 Å². The minimum atomic E-state index is -0.848. The van der Waals surface area contributed by atoms with Crippen molar-refractivity contribution in [3.63, 3.8) is 0 Å². The van der Waals surface area contributed by atoms with E-state index in [0.717, 1.165) is 64.2 Å². The maximum Gasteiger partial charge on any atom is 0.200 e. The monoisotopic (exact) mass is 382 g/mol. The number of benzene rings is 1. The molecular weight excluding hydrogens is 349 g/mol. The molecule has 1 aliphatic carbocycles. The molecule has 1 aromatic rings. The molecule has 0 heterocycles. The lowest BCUT2D eigenvalue weighted by molar-refractivity contribution is 0.280. The van der Waals surface area contributed by atoms with Crippen molar-refractivity contribution in [2.75, 3.05) is 6.61 Å². The Balaban J connectivity index is 1.84. The maximum atomic E-state index is 14.5. The Kier molecular flexibility index (Phi) is 9.23. The smallest absolute Gasteiger partial charge is 0.200 e. The van der Waals surface area contributed by atoms with Crippen molar-refractivity contribution < 1.29 is 17.9 Å². The fourth-order valence-electron chi connectivity index (χ4n) is 3.98. The van der Waals surface area contributed by atoms with Crippen molar-refractivity contribution in [2.24, 2.45) is 5.92 Å². The largest absolute Gasteiger partial charge is 0.490 e. The van der Waals surface area contributed by atoms with Gasteiger partial charge in [-0.05, 0) is 75.3 Å². The minimum absolute atomic E-state index is 0.0252. The van der Waals surface area contributed by atoms with Crippen LogP contribution in [0, 0.1) is 17.6 Å². The Morgan fingerprint density at radius 1 is 1.07 bits per heavy atom. The van der Waals surface area contributed by atoms with Gasteiger partial charge in [0.2, 0.25) is 5.82 Å². The summed E-state index contributed by atoms with van der Waals surface area (Å²) in [5.41, 5.74) is 0.489. The van der Waals surface area contributed by atoms with E-state index in [-0.39, 0.29) is 17.5 Å². The van der Waals surface area contributed by atoms with Crippen LogP contribution in [0.3, 0.4) is 0 Å². The zero-order valence-electron chi connectivity index (χ0n) is 16.7. The van der Waals surface area contributed by atoms with E-state index in [4.69, 9.17) is 4.74 Å². The molecule has 0 saturated heterocycles. The normalized spacial score (nSPS) is 20.7. The molecule has 152 valence electrons. The molecule has 0 spiro atoms. The zero-order chi connectivity index (χ0) is 19.6. The molecule has 4 heteroatoms. The van der Waals surface area contributed by atoms with Crippen LogP contribution in [0.25, 0.3) is 0 Å². The van der Waals surface area contributed by atoms with Crippen molar-refractivity contribution in [2.45, 2.75) is 84.0 Å². The highest BCUT2D eigenvalue weighted by Crippen LogP contribution is 2.40. The molecule has 1 fully saturated rings. The van der Waals surface area contributed by atoms with Gasteiger partial charge < -0.3 is 4.74 Å². The van der Waals surface area contributed by atoms with E-state index < -0.39 is 11.6 Å². The van der Waals surface area contributed by atoms with Crippen molar-refractivity contribution in [1.29, 1.82) is 0 Å². The summed E-state index contributed by atoms with van der Waals surface area (Å²) in [5.74, 6) is -0.984. The number of unbranched alkanes of at least 4 members (excludes halogenated alkanes) is 3. The topological polar surface area (TPSA) is 9.23 Å². The van der Waals surface area contributed by atoms with Gasteiger partial charge in [0.05, 0.1) is 12.4 Å². The lowest BCUT2D eigenvalue weighted by Crippen LogP contribution is -2.15. The molecule has 1 aliphatic rings. The molecule has 2 rings (SSSR count). The molecule has 1 nitrogen and oxygen atoms in total. The van der Waals surface area contributed by atoms with E-state index in [0.29, 0.717) is 18.1 Å². The third-order valence-corrected chi connectivity index (χ3v) is 5.61. The van der Waals surface area contributed by atoms with E-state index in [1.165, 1.54) is 6.92 Å². The number of hydrogen-bond donors (Lipinski definition) is 0. The molecule has 0 bridgehead atoms. The molecule has 0 N–H and O–H groups in total. The SMILES string of the molecule is CCCCCOc1ccc(C2CCC(CCCC=C(C)F)CC2)c(F)c1F. The fraction of sp³-hybridized carbons (Fsp3) is 0.652.